The molecule has 1 amide bonds. The molecule has 0 aliphatic rings. The highest BCUT2D eigenvalue weighted by molar-refractivity contribution is 6.31. The number of benzene rings is 2. The summed E-state index contributed by atoms with van der Waals surface area (Å²) in [5.41, 5.74) is 1.76. The van der Waals surface area contributed by atoms with Crippen LogP contribution in [0.3, 0.4) is 0 Å². The minimum atomic E-state index is -0.287. The summed E-state index contributed by atoms with van der Waals surface area (Å²) in [4.78, 5) is 12.3. The smallest absolute Gasteiger partial charge is 0.259 e. The lowest BCUT2D eigenvalue weighted by Crippen LogP contribution is -2.13. The molecule has 4 nitrogen and oxygen atoms in total. The Morgan fingerprint density at radius 2 is 2.10 bits per heavy atom. The van der Waals surface area contributed by atoms with Gasteiger partial charge in [0, 0.05) is 10.7 Å². The number of nitrogens with one attached hydrogen (secondary N) is 1. The maximum absolute atomic E-state index is 12.3. The number of hydrogen-bond acceptors (Lipinski definition) is 3. The first kappa shape index (κ1) is 15.4. The van der Waals surface area contributed by atoms with E-state index in [1.165, 1.54) is 0 Å². The number of hydrogen-bond donors (Lipinski definition) is 2. The second-order valence-corrected chi connectivity index (χ2v) is 4.82. The number of amides is 1. The molecule has 0 saturated carbocycles. The van der Waals surface area contributed by atoms with Crippen LogP contribution in [0.5, 0.6) is 5.75 Å². The van der Waals surface area contributed by atoms with E-state index >= 15 is 0 Å². The van der Waals surface area contributed by atoms with Crippen molar-refractivity contribution >= 4 is 23.2 Å². The predicted molar refractivity (Wildman–Crippen MR) is 82.9 cm³/mol. The van der Waals surface area contributed by atoms with Crippen molar-refractivity contribution in [3.8, 4) is 5.75 Å². The molecule has 0 fully saturated rings. The molecule has 0 atom stereocenters. The average molecular weight is 306 g/mol. The third-order valence-corrected chi connectivity index (χ3v) is 3.09. The molecule has 0 aliphatic carbocycles. The van der Waals surface area contributed by atoms with Crippen molar-refractivity contribution in [2.24, 2.45) is 0 Å². The molecule has 2 aromatic carbocycles. The second kappa shape index (κ2) is 7.11. The Morgan fingerprint density at radius 3 is 2.81 bits per heavy atom. The van der Waals surface area contributed by atoms with Gasteiger partial charge in [-0.2, -0.15) is 0 Å². The van der Waals surface area contributed by atoms with Crippen molar-refractivity contribution in [3.63, 3.8) is 0 Å². The number of ether oxygens (including phenoxy) is 1. The first-order valence-corrected chi connectivity index (χ1v) is 6.95. The molecule has 0 aromatic heterocycles. The Kier molecular flexibility index (Phi) is 5.20. The van der Waals surface area contributed by atoms with Crippen molar-refractivity contribution in [2.75, 3.05) is 11.9 Å². The number of carbonyl (C=O) groups is 1. The number of halogens is 1. The zero-order valence-corrected chi connectivity index (χ0v) is 12.4. The van der Waals surface area contributed by atoms with Crippen LogP contribution in [0.1, 0.15) is 22.8 Å². The van der Waals surface area contributed by atoms with Gasteiger partial charge in [-0.3, -0.25) is 4.79 Å². The predicted octanol–water partition coefficient (Wildman–Crippen LogP) is 3.48. The van der Waals surface area contributed by atoms with Gasteiger partial charge in [-0.25, -0.2) is 0 Å². The Morgan fingerprint density at radius 1 is 1.29 bits per heavy atom. The lowest BCUT2D eigenvalue weighted by atomic mass is 10.1. The van der Waals surface area contributed by atoms with Crippen LogP contribution in [0.25, 0.3) is 0 Å². The van der Waals surface area contributed by atoms with Gasteiger partial charge in [0.2, 0.25) is 0 Å². The molecule has 21 heavy (non-hydrogen) atoms. The molecule has 0 heterocycles. The highest BCUT2D eigenvalue weighted by atomic mass is 35.5. The molecule has 110 valence electrons. The van der Waals surface area contributed by atoms with Crippen LogP contribution in [0, 0.1) is 0 Å². The fourth-order valence-corrected chi connectivity index (χ4v) is 2.07. The molecule has 0 aliphatic heterocycles. The molecule has 5 heteroatoms. The Labute approximate surface area is 128 Å². The van der Waals surface area contributed by atoms with Crippen LogP contribution >= 0.6 is 11.6 Å². The molecular formula is C16H16ClNO3. The summed E-state index contributed by atoms with van der Waals surface area (Å²) in [7, 11) is 0. The van der Waals surface area contributed by atoms with Crippen LogP contribution in [-0.4, -0.2) is 17.6 Å². The molecule has 2 aromatic rings. The molecule has 0 spiro atoms. The summed E-state index contributed by atoms with van der Waals surface area (Å²) in [6.07, 6.45) is 0. The van der Waals surface area contributed by atoms with Gasteiger partial charge < -0.3 is 15.2 Å². The monoisotopic (exact) mass is 305 g/mol. The summed E-state index contributed by atoms with van der Waals surface area (Å²) in [6, 6.07) is 11.9. The number of anilines is 1. The van der Waals surface area contributed by atoms with Crippen molar-refractivity contribution in [1.82, 2.24) is 0 Å². The number of carbonyl (C=O) groups excluding carboxylic acids is 1. The van der Waals surface area contributed by atoms with E-state index in [1.54, 1.807) is 42.5 Å². The van der Waals surface area contributed by atoms with Crippen LogP contribution in [-0.2, 0) is 6.61 Å². The topological polar surface area (TPSA) is 58.6 Å². The lowest BCUT2D eigenvalue weighted by molar-refractivity contribution is 0.102. The third kappa shape index (κ3) is 3.97. The third-order valence-electron chi connectivity index (χ3n) is 2.86. The van der Waals surface area contributed by atoms with E-state index in [-0.39, 0.29) is 12.5 Å². The van der Waals surface area contributed by atoms with Gasteiger partial charge in [0.15, 0.2) is 0 Å². The summed E-state index contributed by atoms with van der Waals surface area (Å²) < 4.78 is 5.44. The number of aliphatic hydroxyl groups is 1. The SMILES string of the molecule is CCOc1cc(Cl)ccc1C(=O)Nc1cccc(CO)c1. The van der Waals surface area contributed by atoms with Gasteiger partial charge in [0.05, 0.1) is 18.8 Å². The van der Waals surface area contributed by atoms with Crippen molar-refractivity contribution in [1.29, 1.82) is 0 Å². The summed E-state index contributed by atoms with van der Waals surface area (Å²) in [5.74, 6) is 0.158. The van der Waals surface area contributed by atoms with Crippen molar-refractivity contribution in [3.05, 3.63) is 58.6 Å². The number of aliphatic hydroxyl groups excluding tert-OH is 1. The van der Waals surface area contributed by atoms with E-state index < -0.39 is 0 Å². The largest absolute Gasteiger partial charge is 0.493 e. The van der Waals surface area contributed by atoms with E-state index in [0.717, 1.165) is 5.56 Å². The Bertz CT molecular complexity index is 643. The minimum Gasteiger partial charge on any atom is -0.493 e. The van der Waals surface area contributed by atoms with Crippen LogP contribution < -0.4 is 10.1 Å². The van der Waals surface area contributed by atoms with Gasteiger partial charge in [-0.1, -0.05) is 23.7 Å². The molecular weight excluding hydrogens is 290 g/mol. The molecule has 2 rings (SSSR count). The molecule has 0 radical (unpaired) electrons. The highest BCUT2D eigenvalue weighted by Gasteiger charge is 2.13. The first-order chi connectivity index (χ1) is 10.1. The van der Waals surface area contributed by atoms with E-state index in [9.17, 15) is 4.79 Å². The van der Waals surface area contributed by atoms with E-state index in [4.69, 9.17) is 21.4 Å². The van der Waals surface area contributed by atoms with Gasteiger partial charge in [-0.05, 0) is 42.8 Å². The minimum absolute atomic E-state index is 0.0746. The second-order valence-electron chi connectivity index (χ2n) is 4.39. The van der Waals surface area contributed by atoms with Gasteiger partial charge in [0.1, 0.15) is 5.75 Å². The standard InChI is InChI=1S/C16H16ClNO3/c1-2-21-15-9-12(17)6-7-14(15)16(20)18-13-5-3-4-11(8-13)10-19/h3-9,19H,2,10H2,1H3,(H,18,20). The Hall–Kier alpha value is -2.04. The first-order valence-electron chi connectivity index (χ1n) is 6.57. The lowest BCUT2D eigenvalue weighted by Gasteiger charge is -2.11. The van der Waals surface area contributed by atoms with Gasteiger partial charge in [-0.15, -0.1) is 0 Å². The quantitative estimate of drug-likeness (QED) is 0.889. The summed E-state index contributed by atoms with van der Waals surface area (Å²) in [6.45, 7) is 2.21. The van der Waals surface area contributed by atoms with Crippen molar-refractivity contribution < 1.29 is 14.6 Å². The maximum atomic E-state index is 12.3. The Balaban J connectivity index is 2.23. The zero-order chi connectivity index (χ0) is 15.2. The number of rotatable bonds is 5. The molecule has 0 bridgehead atoms. The van der Waals surface area contributed by atoms with E-state index in [1.807, 2.05) is 6.92 Å². The molecule has 0 saturated heterocycles. The summed E-state index contributed by atoms with van der Waals surface area (Å²) in [5, 5.41) is 12.4. The normalized spacial score (nSPS) is 10.2. The van der Waals surface area contributed by atoms with Gasteiger partial charge in [0.25, 0.3) is 5.91 Å². The fraction of sp³-hybridized carbons (Fsp3) is 0.188. The fourth-order valence-electron chi connectivity index (χ4n) is 1.90. The van der Waals surface area contributed by atoms with Crippen molar-refractivity contribution in [2.45, 2.75) is 13.5 Å². The van der Waals surface area contributed by atoms with E-state index in [0.29, 0.717) is 28.6 Å². The van der Waals surface area contributed by atoms with E-state index in [2.05, 4.69) is 5.32 Å². The molecule has 2 N–H and O–H groups in total. The average Bonchev–Trinajstić information content (AvgIpc) is 2.48. The maximum Gasteiger partial charge on any atom is 0.259 e. The zero-order valence-electron chi connectivity index (χ0n) is 11.6. The summed E-state index contributed by atoms with van der Waals surface area (Å²) >= 11 is 5.92. The van der Waals surface area contributed by atoms with Gasteiger partial charge >= 0.3 is 0 Å². The van der Waals surface area contributed by atoms with Crippen LogP contribution in [0.4, 0.5) is 5.69 Å². The molecule has 0 unspecified atom stereocenters. The van der Waals surface area contributed by atoms with Crippen LogP contribution in [0.2, 0.25) is 5.02 Å². The highest BCUT2D eigenvalue weighted by Crippen LogP contribution is 2.24. The van der Waals surface area contributed by atoms with Crippen LogP contribution in [0.15, 0.2) is 42.5 Å².